The zero-order valence-electron chi connectivity index (χ0n) is 10.0. The van der Waals surface area contributed by atoms with Gasteiger partial charge in [-0.2, -0.15) is 0 Å². The second kappa shape index (κ2) is 5.91. The molecule has 3 heteroatoms. The lowest BCUT2D eigenvalue weighted by molar-refractivity contribution is 0.107. The van der Waals surface area contributed by atoms with Gasteiger partial charge in [-0.25, -0.2) is 0 Å². The Balaban J connectivity index is 4.57. The van der Waals surface area contributed by atoms with Crippen LogP contribution in [-0.4, -0.2) is 14.9 Å². The highest BCUT2D eigenvalue weighted by molar-refractivity contribution is 6.70. The van der Waals surface area contributed by atoms with Gasteiger partial charge in [0, 0.05) is 5.57 Å². The summed E-state index contributed by atoms with van der Waals surface area (Å²) in [4.78, 5) is 0. The van der Waals surface area contributed by atoms with Crippen LogP contribution in [0.5, 0.6) is 0 Å². The van der Waals surface area contributed by atoms with E-state index in [1.807, 2.05) is 19.9 Å². The van der Waals surface area contributed by atoms with Crippen molar-refractivity contribution in [2.24, 2.45) is 0 Å². The molecule has 0 radical (unpaired) electrons. The predicted molar refractivity (Wildman–Crippen MR) is 63.6 cm³/mol. The van der Waals surface area contributed by atoms with Gasteiger partial charge in [-0.1, -0.05) is 6.08 Å². The molecule has 0 saturated heterocycles. The number of allylic oxidation sites excluding steroid dienone is 2. The van der Waals surface area contributed by atoms with Gasteiger partial charge in [0.1, 0.15) is 0 Å². The molecule has 0 N–H and O–H groups in total. The molecule has 14 heavy (non-hydrogen) atoms. The first kappa shape index (κ1) is 13.3. The average molecular weight is 214 g/mol. The van der Waals surface area contributed by atoms with E-state index in [1.54, 1.807) is 0 Å². The van der Waals surface area contributed by atoms with Crippen molar-refractivity contribution in [3.63, 3.8) is 0 Å². The second-order valence-electron chi connectivity index (χ2n) is 4.21. The van der Waals surface area contributed by atoms with Gasteiger partial charge in [-0.05, 0) is 39.9 Å². The molecule has 0 aliphatic carbocycles. The van der Waals surface area contributed by atoms with E-state index in [0.717, 1.165) is 12.0 Å². The Hall–Kier alpha value is -0.703. The first-order valence-electron chi connectivity index (χ1n) is 5.03. The van der Waals surface area contributed by atoms with Gasteiger partial charge in [-0.15, -0.1) is 6.58 Å². The maximum Gasteiger partial charge on any atom is 0.264 e. The molecule has 0 unspecified atom stereocenters. The lowest BCUT2D eigenvalue weighted by Crippen LogP contribution is -2.26. The van der Waals surface area contributed by atoms with Gasteiger partial charge < -0.3 is 9.16 Å². The normalized spacial score (nSPS) is 13.2. The van der Waals surface area contributed by atoms with Gasteiger partial charge in [0.05, 0.1) is 6.61 Å². The van der Waals surface area contributed by atoms with E-state index >= 15 is 0 Å². The number of ether oxygens (including phenoxy) is 1. The molecule has 0 aliphatic heterocycles. The highest BCUT2D eigenvalue weighted by Crippen LogP contribution is 2.17. The average Bonchev–Trinajstić information content (AvgIpc) is 2.01. The van der Waals surface area contributed by atoms with E-state index < -0.39 is 8.32 Å². The fourth-order valence-electron chi connectivity index (χ4n) is 0.949. The fourth-order valence-corrected chi connectivity index (χ4v) is 1.74. The summed E-state index contributed by atoms with van der Waals surface area (Å²) in [5, 5.41) is 0. The van der Waals surface area contributed by atoms with E-state index in [-0.39, 0.29) is 0 Å². The van der Waals surface area contributed by atoms with E-state index in [2.05, 4.69) is 26.2 Å². The quantitative estimate of drug-likeness (QED) is 0.381. The summed E-state index contributed by atoms with van der Waals surface area (Å²) in [7, 11) is -1.57. The van der Waals surface area contributed by atoms with Crippen molar-refractivity contribution in [1.29, 1.82) is 0 Å². The van der Waals surface area contributed by atoms with Crippen LogP contribution in [0, 0.1) is 0 Å². The van der Waals surface area contributed by atoms with Crippen molar-refractivity contribution in [3.8, 4) is 0 Å². The summed E-state index contributed by atoms with van der Waals surface area (Å²) < 4.78 is 11.3. The van der Waals surface area contributed by atoms with Gasteiger partial charge >= 0.3 is 0 Å². The summed E-state index contributed by atoms with van der Waals surface area (Å²) in [6.07, 6.45) is 2.68. The first-order chi connectivity index (χ1) is 6.40. The maximum atomic E-state index is 5.84. The van der Waals surface area contributed by atoms with Crippen molar-refractivity contribution in [2.75, 3.05) is 6.61 Å². The third-order valence-electron chi connectivity index (χ3n) is 1.47. The minimum Gasteiger partial charge on any atom is -0.520 e. The van der Waals surface area contributed by atoms with Gasteiger partial charge in [0.25, 0.3) is 5.95 Å². The van der Waals surface area contributed by atoms with Crippen molar-refractivity contribution in [3.05, 3.63) is 24.2 Å². The molecule has 2 nitrogen and oxygen atoms in total. The van der Waals surface area contributed by atoms with Crippen LogP contribution in [0.2, 0.25) is 19.6 Å². The molecule has 0 amide bonds. The molecular formula is C11H22O2Si. The fraction of sp³-hybridized carbons (Fsp3) is 0.636. The molecular weight excluding hydrogens is 192 g/mol. The van der Waals surface area contributed by atoms with Crippen LogP contribution < -0.4 is 0 Å². The molecule has 0 aromatic rings. The van der Waals surface area contributed by atoms with Gasteiger partial charge in [0.2, 0.25) is 8.32 Å². The van der Waals surface area contributed by atoms with Crippen LogP contribution in [0.4, 0.5) is 0 Å². The van der Waals surface area contributed by atoms with Crippen LogP contribution in [-0.2, 0) is 9.16 Å². The Morgan fingerprint density at radius 1 is 1.36 bits per heavy atom. The van der Waals surface area contributed by atoms with E-state index in [0.29, 0.717) is 12.6 Å². The van der Waals surface area contributed by atoms with E-state index in [1.165, 1.54) is 0 Å². The molecule has 0 bridgehead atoms. The molecule has 82 valence electrons. The summed E-state index contributed by atoms with van der Waals surface area (Å²) in [6.45, 7) is 14.8. The lowest BCUT2D eigenvalue weighted by Gasteiger charge is -2.22. The molecule has 0 aromatic heterocycles. The summed E-state index contributed by atoms with van der Waals surface area (Å²) >= 11 is 0. The number of rotatable bonds is 6. The number of hydrogen-bond donors (Lipinski definition) is 0. The Morgan fingerprint density at radius 2 is 1.93 bits per heavy atom. The second-order valence-corrected chi connectivity index (χ2v) is 8.64. The predicted octanol–water partition coefficient (Wildman–Crippen LogP) is 3.68. The van der Waals surface area contributed by atoms with E-state index in [4.69, 9.17) is 9.16 Å². The van der Waals surface area contributed by atoms with Gasteiger partial charge in [-0.3, -0.25) is 0 Å². The van der Waals surface area contributed by atoms with Crippen molar-refractivity contribution in [2.45, 2.75) is 39.9 Å². The molecule has 0 aromatic carbocycles. The monoisotopic (exact) mass is 214 g/mol. The zero-order chi connectivity index (χ0) is 11.2. The van der Waals surface area contributed by atoms with Crippen molar-refractivity contribution < 1.29 is 9.16 Å². The van der Waals surface area contributed by atoms with Crippen LogP contribution in [0.1, 0.15) is 20.3 Å². The Labute approximate surface area is 88.7 Å². The highest BCUT2D eigenvalue weighted by atomic mass is 28.4. The molecule has 0 spiro atoms. The third-order valence-corrected chi connectivity index (χ3v) is 2.27. The van der Waals surface area contributed by atoms with Crippen LogP contribution in [0.25, 0.3) is 0 Å². The van der Waals surface area contributed by atoms with Crippen LogP contribution in [0.15, 0.2) is 24.2 Å². The Bertz CT molecular complexity index is 214. The summed E-state index contributed by atoms with van der Waals surface area (Å²) in [6, 6.07) is 0. The molecule has 0 heterocycles. The van der Waals surface area contributed by atoms with E-state index in [9.17, 15) is 0 Å². The standard InChI is InChI=1S/C11H22O2Si/c1-7-9-10(3)11(12-8-2)13-14(4,5)6/h7H,1,8-9H2,2-6H3/b11-10-. The minimum absolute atomic E-state index is 0.647. The highest BCUT2D eigenvalue weighted by Gasteiger charge is 2.19. The van der Waals surface area contributed by atoms with Crippen molar-refractivity contribution in [1.82, 2.24) is 0 Å². The van der Waals surface area contributed by atoms with Crippen molar-refractivity contribution >= 4 is 8.32 Å². The van der Waals surface area contributed by atoms with Gasteiger partial charge in [0.15, 0.2) is 0 Å². The molecule has 0 saturated carbocycles. The largest absolute Gasteiger partial charge is 0.520 e. The molecule has 0 rings (SSSR count). The molecule has 0 fully saturated rings. The zero-order valence-corrected chi connectivity index (χ0v) is 11.0. The summed E-state index contributed by atoms with van der Waals surface area (Å²) in [5.74, 6) is 0.701. The minimum atomic E-state index is -1.57. The Morgan fingerprint density at radius 3 is 2.29 bits per heavy atom. The van der Waals surface area contributed by atoms with Crippen LogP contribution >= 0.6 is 0 Å². The lowest BCUT2D eigenvalue weighted by atomic mass is 10.2. The smallest absolute Gasteiger partial charge is 0.264 e. The molecule has 0 atom stereocenters. The maximum absolute atomic E-state index is 5.84. The van der Waals surface area contributed by atoms with Crippen LogP contribution in [0.3, 0.4) is 0 Å². The Kier molecular flexibility index (Phi) is 5.61. The summed E-state index contributed by atoms with van der Waals surface area (Å²) in [5.41, 5.74) is 1.12. The topological polar surface area (TPSA) is 18.5 Å². The third kappa shape index (κ3) is 5.86. The molecule has 0 aliphatic rings. The first-order valence-corrected chi connectivity index (χ1v) is 8.44. The SMILES string of the molecule is C=CC/C(C)=C(/OCC)O[Si](C)(C)C. The number of hydrogen-bond acceptors (Lipinski definition) is 2.